The first kappa shape index (κ1) is 14.2. The summed E-state index contributed by atoms with van der Waals surface area (Å²) >= 11 is 0. The van der Waals surface area contributed by atoms with Gasteiger partial charge in [-0.3, -0.25) is 0 Å². The Morgan fingerprint density at radius 3 is 2.94 bits per heavy atom. The number of ether oxygens (including phenoxy) is 1. The molecule has 0 saturated carbocycles. The molecule has 0 spiro atoms. The van der Waals surface area contributed by atoms with Crippen molar-refractivity contribution >= 4 is 11.8 Å². The average Bonchev–Trinajstić information content (AvgIpc) is 2.39. The fraction of sp³-hybridized carbons (Fsp3) is 0.545. The summed E-state index contributed by atoms with van der Waals surface area (Å²) in [5.74, 6) is 0.500. The second-order valence-electron chi connectivity index (χ2n) is 3.82. The Hall–Kier alpha value is -1.89. The Labute approximate surface area is 106 Å². The minimum Gasteiger partial charge on any atom is -0.409 e. The molecular formula is C11H19N5O2. The molecule has 0 aliphatic heterocycles. The molecule has 0 aliphatic carbocycles. The highest BCUT2D eigenvalue weighted by Crippen LogP contribution is 2.11. The molecule has 0 bridgehead atoms. The molecule has 0 amide bonds. The topological polar surface area (TPSA) is 96.9 Å². The average molecular weight is 253 g/mol. The number of hydrogen-bond acceptors (Lipinski definition) is 6. The molecule has 0 saturated heterocycles. The van der Waals surface area contributed by atoms with Crippen LogP contribution in [0.2, 0.25) is 0 Å². The van der Waals surface area contributed by atoms with Crippen molar-refractivity contribution in [2.75, 3.05) is 25.2 Å². The fourth-order valence-corrected chi connectivity index (χ4v) is 1.66. The van der Waals surface area contributed by atoms with Crippen LogP contribution in [0.4, 0.5) is 5.95 Å². The van der Waals surface area contributed by atoms with Crippen LogP contribution in [0.3, 0.4) is 0 Å². The van der Waals surface area contributed by atoms with Crippen LogP contribution >= 0.6 is 0 Å². The molecule has 18 heavy (non-hydrogen) atoms. The summed E-state index contributed by atoms with van der Waals surface area (Å²) in [4.78, 5) is 10.4. The lowest BCUT2D eigenvalue weighted by Gasteiger charge is -2.27. The van der Waals surface area contributed by atoms with Gasteiger partial charge in [0.05, 0.1) is 12.6 Å². The number of likely N-dealkylation sites (N-methyl/N-ethyl adjacent to an activating group) is 1. The van der Waals surface area contributed by atoms with Gasteiger partial charge in [-0.05, 0) is 19.9 Å². The van der Waals surface area contributed by atoms with Crippen LogP contribution in [0.1, 0.15) is 19.5 Å². The van der Waals surface area contributed by atoms with E-state index < -0.39 is 0 Å². The summed E-state index contributed by atoms with van der Waals surface area (Å²) in [5.41, 5.74) is 5.90. The van der Waals surface area contributed by atoms with Crippen molar-refractivity contribution in [2.24, 2.45) is 10.9 Å². The summed E-state index contributed by atoms with van der Waals surface area (Å²) < 4.78 is 5.12. The number of amidine groups is 1. The number of methoxy groups -OCH3 is 1. The largest absolute Gasteiger partial charge is 0.409 e. The van der Waals surface area contributed by atoms with E-state index >= 15 is 0 Å². The zero-order valence-electron chi connectivity index (χ0n) is 10.9. The van der Waals surface area contributed by atoms with Gasteiger partial charge in [-0.25, -0.2) is 9.97 Å². The zero-order chi connectivity index (χ0) is 13.5. The predicted octanol–water partition coefficient (Wildman–Crippen LogP) is 0.432. The first-order valence-corrected chi connectivity index (χ1v) is 5.70. The lowest BCUT2D eigenvalue weighted by atomic mass is 10.3. The second kappa shape index (κ2) is 6.75. The van der Waals surface area contributed by atoms with Gasteiger partial charge >= 0.3 is 0 Å². The number of anilines is 1. The highest BCUT2D eigenvalue weighted by molar-refractivity contribution is 5.95. The van der Waals surface area contributed by atoms with E-state index in [0.29, 0.717) is 18.2 Å². The Bertz CT molecular complexity index is 410. The van der Waals surface area contributed by atoms with E-state index in [9.17, 15) is 0 Å². The maximum Gasteiger partial charge on any atom is 0.226 e. The van der Waals surface area contributed by atoms with Crippen molar-refractivity contribution < 1.29 is 9.94 Å². The first-order valence-electron chi connectivity index (χ1n) is 5.70. The normalized spacial score (nSPS) is 13.4. The van der Waals surface area contributed by atoms with Crippen LogP contribution < -0.4 is 10.6 Å². The van der Waals surface area contributed by atoms with Gasteiger partial charge in [0.25, 0.3) is 0 Å². The molecule has 1 aromatic rings. The van der Waals surface area contributed by atoms with E-state index in [0.717, 1.165) is 6.54 Å². The van der Waals surface area contributed by atoms with Gasteiger partial charge < -0.3 is 20.6 Å². The quantitative estimate of drug-likeness (QED) is 0.330. The van der Waals surface area contributed by atoms with E-state index in [-0.39, 0.29) is 11.9 Å². The van der Waals surface area contributed by atoms with Gasteiger partial charge in [0.1, 0.15) is 5.69 Å². The number of nitrogens with two attached hydrogens (primary N) is 1. The molecule has 7 heteroatoms. The van der Waals surface area contributed by atoms with Crippen molar-refractivity contribution in [2.45, 2.75) is 19.9 Å². The van der Waals surface area contributed by atoms with Crippen LogP contribution in [0.15, 0.2) is 17.4 Å². The summed E-state index contributed by atoms with van der Waals surface area (Å²) in [7, 11) is 1.65. The van der Waals surface area contributed by atoms with Crippen molar-refractivity contribution in [3.8, 4) is 0 Å². The lowest BCUT2D eigenvalue weighted by molar-refractivity contribution is 0.181. The molecule has 7 nitrogen and oxygen atoms in total. The predicted molar refractivity (Wildman–Crippen MR) is 68.9 cm³/mol. The molecule has 1 atom stereocenters. The van der Waals surface area contributed by atoms with Crippen LogP contribution in [0.5, 0.6) is 0 Å². The molecule has 3 N–H and O–H groups in total. The lowest BCUT2D eigenvalue weighted by Crippen LogP contribution is -2.37. The Balaban J connectivity index is 2.99. The third-order valence-electron chi connectivity index (χ3n) is 2.55. The number of nitrogens with zero attached hydrogens (tertiary/aromatic N) is 4. The van der Waals surface area contributed by atoms with E-state index in [1.54, 1.807) is 19.4 Å². The van der Waals surface area contributed by atoms with Gasteiger partial charge in [0.2, 0.25) is 5.95 Å². The molecule has 1 unspecified atom stereocenters. The SMILES string of the molecule is CCN(c1nccc(/C(N)=N/O)n1)C(C)COC. The molecule has 1 rings (SSSR count). The third-order valence-corrected chi connectivity index (χ3v) is 2.55. The Morgan fingerprint density at radius 2 is 2.39 bits per heavy atom. The van der Waals surface area contributed by atoms with Crippen molar-refractivity contribution in [1.29, 1.82) is 0 Å². The van der Waals surface area contributed by atoms with E-state index in [4.69, 9.17) is 15.7 Å². The monoisotopic (exact) mass is 253 g/mol. The maximum atomic E-state index is 8.64. The van der Waals surface area contributed by atoms with E-state index in [2.05, 4.69) is 15.1 Å². The Morgan fingerprint density at radius 1 is 1.67 bits per heavy atom. The minimum absolute atomic E-state index is 0.0332. The molecular weight excluding hydrogens is 234 g/mol. The Kier molecular flexibility index (Phi) is 5.31. The standard InChI is InChI=1S/C11H19N5O2/c1-4-16(8(2)7-18-3)11-13-6-5-9(14-11)10(12)15-17/h5-6,8,17H,4,7H2,1-3H3,(H2,12,15). The number of oxime groups is 1. The van der Waals surface area contributed by atoms with Gasteiger partial charge in [-0.1, -0.05) is 5.16 Å². The summed E-state index contributed by atoms with van der Waals surface area (Å²) in [6.45, 7) is 5.34. The molecule has 1 aromatic heterocycles. The number of aromatic nitrogens is 2. The summed E-state index contributed by atoms with van der Waals surface area (Å²) in [6.07, 6.45) is 1.58. The third kappa shape index (κ3) is 3.30. The van der Waals surface area contributed by atoms with Gasteiger partial charge in [0.15, 0.2) is 5.84 Å². The molecule has 0 radical (unpaired) electrons. The zero-order valence-corrected chi connectivity index (χ0v) is 10.9. The number of hydrogen-bond donors (Lipinski definition) is 2. The summed E-state index contributed by atoms with van der Waals surface area (Å²) in [6, 6.07) is 1.73. The fourth-order valence-electron chi connectivity index (χ4n) is 1.66. The van der Waals surface area contributed by atoms with Crippen LogP contribution in [0, 0.1) is 0 Å². The van der Waals surface area contributed by atoms with Gasteiger partial charge in [0, 0.05) is 19.9 Å². The molecule has 1 heterocycles. The molecule has 100 valence electrons. The highest BCUT2D eigenvalue weighted by Gasteiger charge is 2.16. The highest BCUT2D eigenvalue weighted by atomic mass is 16.5. The van der Waals surface area contributed by atoms with E-state index in [1.165, 1.54) is 0 Å². The van der Waals surface area contributed by atoms with Crippen molar-refractivity contribution in [3.05, 3.63) is 18.0 Å². The van der Waals surface area contributed by atoms with Crippen molar-refractivity contribution in [1.82, 2.24) is 9.97 Å². The molecule has 0 aromatic carbocycles. The number of rotatable bonds is 6. The smallest absolute Gasteiger partial charge is 0.226 e. The van der Waals surface area contributed by atoms with E-state index in [1.807, 2.05) is 18.7 Å². The van der Waals surface area contributed by atoms with Crippen LogP contribution in [0.25, 0.3) is 0 Å². The first-order chi connectivity index (χ1) is 8.63. The van der Waals surface area contributed by atoms with Gasteiger partial charge in [-0.2, -0.15) is 0 Å². The minimum atomic E-state index is -0.0332. The maximum absolute atomic E-state index is 8.64. The van der Waals surface area contributed by atoms with Crippen molar-refractivity contribution in [3.63, 3.8) is 0 Å². The molecule has 0 aliphatic rings. The summed E-state index contributed by atoms with van der Waals surface area (Å²) in [5, 5.41) is 11.6. The van der Waals surface area contributed by atoms with Crippen LogP contribution in [-0.2, 0) is 4.74 Å². The molecule has 0 fully saturated rings. The van der Waals surface area contributed by atoms with Crippen LogP contribution in [-0.4, -0.2) is 47.3 Å². The van der Waals surface area contributed by atoms with Gasteiger partial charge in [-0.15, -0.1) is 0 Å². The second-order valence-corrected chi connectivity index (χ2v) is 3.82.